The average Bonchev–Trinajstić information content (AvgIpc) is 2.89. The molecule has 1 heterocycles. The Kier molecular flexibility index (Phi) is 3.90. The van der Waals surface area contributed by atoms with Crippen LogP contribution in [0.2, 0.25) is 0 Å². The molecule has 2 aromatic carbocycles. The van der Waals surface area contributed by atoms with E-state index in [1.165, 1.54) is 10.4 Å². The van der Waals surface area contributed by atoms with Crippen LogP contribution in [0.15, 0.2) is 47.8 Å². The summed E-state index contributed by atoms with van der Waals surface area (Å²) in [5, 5.41) is 7.89. The maximum Gasteiger partial charge on any atom is 0.104 e. The van der Waals surface area contributed by atoms with Gasteiger partial charge in [-0.2, -0.15) is 0 Å². The Morgan fingerprint density at radius 1 is 1.14 bits per heavy atom. The molecule has 0 aliphatic carbocycles. The summed E-state index contributed by atoms with van der Waals surface area (Å²) >= 11 is 6.92. The Balaban J connectivity index is 1.98. The van der Waals surface area contributed by atoms with Gasteiger partial charge in [0.15, 0.2) is 0 Å². The van der Waals surface area contributed by atoms with Crippen LogP contribution in [0.3, 0.4) is 0 Å². The minimum atomic E-state index is 0.437. The predicted octanol–water partition coefficient (Wildman–Crippen LogP) is 4.46. The molecule has 3 N–H and O–H groups in total. The van der Waals surface area contributed by atoms with Crippen LogP contribution < -0.4 is 11.1 Å². The zero-order chi connectivity index (χ0) is 14.8. The van der Waals surface area contributed by atoms with E-state index in [9.17, 15) is 0 Å². The number of thiophene rings is 1. The number of nitrogens with one attached hydrogen (secondary N) is 1. The second-order valence-corrected chi connectivity index (χ2v) is 6.39. The summed E-state index contributed by atoms with van der Waals surface area (Å²) in [6, 6.07) is 14.4. The number of anilines is 1. The Bertz CT molecular complexity index is 805. The molecular weight excluding hydrogens is 296 g/mol. The minimum Gasteiger partial charge on any atom is -0.389 e. The molecule has 1 aromatic heterocycles. The first-order valence-corrected chi connectivity index (χ1v) is 8.04. The fourth-order valence-corrected chi connectivity index (χ4v) is 3.45. The lowest BCUT2D eigenvalue weighted by Crippen LogP contribution is -2.10. The Hall–Kier alpha value is -1.91. The van der Waals surface area contributed by atoms with Gasteiger partial charge >= 0.3 is 0 Å². The molecule has 0 unspecified atom stereocenters. The maximum absolute atomic E-state index is 5.81. The van der Waals surface area contributed by atoms with Crippen molar-refractivity contribution in [3.8, 4) is 0 Å². The second-order valence-electron chi connectivity index (χ2n) is 4.95. The number of nitrogens with two attached hydrogens (primary N) is 1. The lowest BCUT2D eigenvalue weighted by atomic mass is 10.0. The van der Waals surface area contributed by atoms with Gasteiger partial charge in [-0.3, -0.25) is 0 Å². The molecule has 2 nitrogen and oxygen atoms in total. The van der Waals surface area contributed by atoms with E-state index >= 15 is 0 Å². The molecule has 106 valence electrons. The van der Waals surface area contributed by atoms with Crippen LogP contribution >= 0.6 is 23.6 Å². The first kappa shape index (κ1) is 14.0. The topological polar surface area (TPSA) is 38.0 Å². The summed E-state index contributed by atoms with van der Waals surface area (Å²) in [5.41, 5.74) is 9.18. The Morgan fingerprint density at radius 2 is 1.90 bits per heavy atom. The molecule has 0 atom stereocenters. The zero-order valence-corrected chi connectivity index (χ0v) is 13.4. The van der Waals surface area contributed by atoms with Gasteiger partial charge in [-0.05, 0) is 41.5 Å². The van der Waals surface area contributed by atoms with Crippen LogP contribution in [-0.2, 0) is 6.54 Å². The number of thiocarbonyl (C=S) groups is 1. The quantitative estimate of drug-likeness (QED) is 0.699. The van der Waals surface area contributed by atoms with Crippen molar-refractivity contribution in [2.75, 3.05) is 5.32 Å². The van der Waals surface area contributed by atoms with Gasteiger partial charge in [-0.1, -0.05) is 36.5 Å². The van der Waals surface area contributed by atoms with E-state index in [4.69, 9.17) is 18.0 Å². The molecule has 21 heavy (non-hydrogen) atoms. The predicted molar refractivity (Wildman–Crippen MR) is 96.2 cm³/mol. The summed E-state index contributed by atoms with van der Waals surface area (Å²) in [5.74, 6) is 0. The molecule has 0 aliphatic heterocycles. The van der Waals surface area contributed by atoms with E-state index in [-0.39, 0.29) is 0 Å². The molecule has 0 radical (unpaired) electrons. The lowest BCUT2D eigenvalue weighted by molar-refractivity contribution is 1.17. The highest BCUT2D eigenvalue weighted by atomic mass is 32.1. The SMILES string of the molecule is Cc1ccsc1CNc1ccc(C(N)=S)c2ccccc12. The Morgan fingerprint density at radius 3 is 2.57 bits per heavy atom. The maximum atomic E-state index is 5.81. The number of benzene rings is 2. The van der Waals surface area contributed by atoms with Crippen molar-refractivity contribution < 1.29 is 0 Å². The van der Waals surface area contributed by atoms with Crippen LogP contribution in [0, 0.1) is 6.92 Å². The molecule has 3 aromatic rings. The van der Waals surface area contributed by atoms with Gasteiger partial charge in [0.25, 0.3) is 0 Å². The summed E-state index contributed by atoms with van der Waals surface area (Å²) < 4.78 is 0. The first-order valence-electron chi connectivity index (χ1n) is 6.75. The van der Waals surface area contributed by atoms with Gasteiger partial charge in [0.1, 0.15) is 4.99 Å². The summed E-state index contributed by atoms with van der Waals surface area (Å²) in [7, 11) is 0. The summed E-state index contributed by atoms with van der Waals surface area (Å²) in [6.45, 7) is 2.97. The van der Waals surface area contributed by atoms with Gasteiger partial charge in [-0.25, -0.2) is 0 Å². The molecular formula is C17H16N2S2. The first-order chi connectivity index (χ1) is 10.2. The van der Waals surface area contributed by atoms with Crippen molar-refractivity contribution in [1.82, 2.24) is 0 Å². The third-order valence-electron chi connectivity index (χ3n) is 3.60. The number of rotatable bonds is 4. The van der Waals surface area contributed by atoms with Gasteiger partial charge in [-0.15, -0.1) is 11.3 Å². The molecule has 0 saturated heterocycles. The fraction of sp³-hybridized carbons (Fsp3) is 0.118. The van der Waals surface area contributed by atoms with E-state index in [1.807, 2.05) is 18.2 Å². The monoisotopic (exact) mass is 312 g/mol. The molecule has 0 amide bonds. The van der Waals surface area contributed by atoms with Crippen molar-refractivity contribution in [3.63, 3.8) is 0 Å². The molecule has 4 heteroatoms. The number of aryl methyl sites for hydroxylation is 1. The van der Waals surface area contributed by atoms with Crippen LogP contribution in [0.25, 0.3) is 10.8 Å². The third kappa shape index (κ3) is 2.77. The highest BCUT2D eigenvalue weighted by molar-refractivity contribution is 7.80. The van der Waals surface area contributed by atoms with Crippen LogP contribution in [0.1, 0.15) is 16.0 Å². The fourth-order valence-electron chi connectivity index (χ4n) is 2.43. The van der Waals surface area contributed by atoms with E-state index in [1.54, 1.807) is 11.3 Å². The van der Waals surface area contributed by atoms with Crippen molar-refractivity contribution in [1.29, 1.82) is 0 Å². The van der Waals surface area contributed by atoms with Gasteiger partial charge in [0, 0.05) is 28.1 Å². The third-order valence-corrected chi connectivity index (χ3v) is 4.84. The number of fused-ring (bicyclic) bond motifs is 1. The molecule has 0 spiro atoms. The van der Waals surface area contributed by atoms with Crippen LogP contribution in [-0.4, -0.2) is 4.99 Å². The summed E-state index contributed by atoms with van der Waals surface area (Å²) in [6.07, 6.45) is 0. The molecule has 0 saturated carbocycles. The molecule has 0 aliphatic rings. The smallest absolute Gasteiger partial charge is 0.104 e. The molecule has 0 fully saturated rings. The average molecular weight is 312 g/mol. The Labute approximate surface area is 133 Å². The van der Waals surface area contributed by atoms with Gasteiger partial charge in [0.05, 0.1) is 0 Å². The number of hydrogen-bond donors (Lipinski definition) is 2. The van der Waals surface area contributed by atoms with Crippen LogP contribution in [0.5, 0.6) is 0 Å². The molecule has 3 rings (SSSR count). The zero-order valence-electron chi connectivity index (χ0n) is 11.7. The van der Waals surface area contributed by atoms with E-state index in [0.29, 0.717) is 4.99 Å². The lowest BCUT2D eigenvalue weighted by Gasteiger charge is -2.12. The van der Waals surface area contributed by atoms with Crippen molar-refractivity contribution in [2.45, 2.75) is 13.5 Å². The largest absolute Gasteiger partial charge is 0.389 e. The second kappa shape index (κ2) is 5.84. The van der Waals surface area contributed by atoms with Gasteiger partial charge < -0.3 is 11.1 Å². The highest BCUT2D eigenvalue weighted by Gasteiger charge is 2.08. The van der Waals surface area contributed by atoms with Crippen molar-refractivity contribution in [2.24, 2.45) is 5.73 Å². The van der Waals surface area contributed by atoms with E-state index in [2.05, 4.69) is 41.9 Å². The minimum absolute atomic E-state index is 0.437. The van der Waals surface area contributed by atoms with Crippen molar-refractivity contribution in [3.05, 3.63) is 63.8 Å². The van der Waals surface area contributed by atoms with Crippen LogP contribution in [0.4, 0.5) is 5.69 Å². The number of hydrogen-bond acceptors (Lipinski definition) is 3. The highest BCUT2D eigenvalue weighted by Crippen LogP contribution is 2.28. The van der Waals surface area contributed by atoms with E-state index in [0.717, 1.165) is 28.6 Å². The summed E-state index contributed by atoms with van der Waals surface area (Å²) in [4.78, 5) is 1.80. The van der Waals surface area contributed by atoms with Crippen molar-refractivity contribution >= 4 is 45.0 Å². The normalized spacial score (nSPS) is 10.7. The standard InChI is InChI=1S/C17H16N2S2/c1-11-8-9-21-16(11)10-19-15-7-6-14(17(18)20)12-4-2-3-5-13(12)15/h2-9,19H,10H2,1H3,(H2,18,20). The van der Waals surface area contributed by atoms with Gasteiger partial charge in [0.2, 0.25) is 0 Å². The van der Waals surface area contributed by atoms with E-state index < -0.39 is 0 Å². The molecule has 0 bridgehead atoms.